The van der Waals surface area contributed by atoms with Gasteiger partial charge in [-0.2, -0.15) is 0 Å². The minimum Gasteiger partial charge on any atom is -0.444 e. The molecular weight excluding hydrogens is 506 g/mol. The molecule has 0 aliphatic carbocycles. The molecule has 3 aromatic heterocycles. The molecule has 0 atom stereocenters. The summed E-state index contributed by atoms with van der Waals surface area (Å²) in [5.74, 6) is 0.535. The molecule has 1 fully saturated rings. The van der Waals surface area contributed by atoms with Gasteiger partial charge >= 0.3 is 11.8 Å². The smallest absolute Gasteiger partial charge is 0.410 e. The zero-order chi connectivity index (χ0) is 27.0. The van der Waals surface area contributed by atoms with Gasteiger partial charge in [-0.3, -0.25) is 13.9 Å². The van der Waals surface area contributed by atoms with Crippen molar-refractivity contribution in [1.29, 1.82) is 0 Å². The minimum atomic E-state index is -0.590. The van der Waals surface area contributed by atoms with Crippen LogP contribution in [0, 0.1) is 0 Å². The van der Waals surface area contributed by atoms with E-state index >= 15 is 0 Å². The standard InChI is InChI=1S/C26H31N7O4S/c1-5-32-21(27-28-29-32)16-31-19-15-20(17-9-7-6-8-10-17)38-22(19)23(34)33(24(31)35)18-11-13-30(14-12-18)25(36)37-26(2,3)4/h6-10,15,18H,5,11-14,16H2,1-4H3. The highest BCUT2D eigenvalue weighted by atomic mass is 32.1. The molecule has 200 valence electrons. The summed E-state index contributed by atoms with van der Waals surface area (Å²) < 4.78 is 10.6. The molecule has 4 heterocycles. The number of piperidine rings is 1. The molecule has 1 aliphatic heterocycles. The molecule has 0 spiro atoms. The Morgan fingerprint density at radius 1 is 1.13 bits per heavy atom. The molecule has 1 aliphatic rings. The summed E-state index contributed by atoms with van der Waals surface area (Å²) in [4.78, 5) is 42.8. The van der Waals surface area contributed by atoms with Crippen molar-refractivity contribution >= 4 is 27.6 Å². The van der Waals surface area contributed by atoms with Crippen molar-refractivity contribution < 1.29 is 9.53 Å². The molecule has 0 bridgehead atoms. The number of carbonyl (C=O) groups excluding carboxylic acids is 1. The third kappa shape index (κ3) is 5.00. The summed E-state index contributed by atoms with van der Waals surface area (Å²) in [5, 5.41) is 11.9. The Morgan fingerprint density at radius 3 is 2.50 bits per heavy atom. The maximum Gasteiger partial charge on any atom is 0.410 e. The summed E-state index contributed by atoms with van der Waals surface area (Å²) in [5.41, 5.74) is 0.243. The quantitative estimate of drug-likeness (QED) is 0.382. The van der Waals surface area contributed by atoms with E-state index in [1.165, 1.54) is 15.9 Å². The molecule has 12 heteroatoms. The maximum atomic E-state index is 13.9. The first-order chi connectivity index (χ1) is 18.2. The average Bonchev–Trinajstić information content (AvgIpc) is 3.54. The summed E-state index contributed by atoms with van der Waals surface area (Å²) in [6, 6.07) is 11.3. The number of carbonyl (C=O) groups is 1. The lowest BCUT2D eigenvalue weighted by Gasteiger charge is -2.34. The summed E-state index contributed by atoms with van der Waals surface area (Å²) >= 11 is 1.38. The number of benzene rings is 1. The van der Waals surface area contributed by atoms with Crippen molar-refractivity contribution in [3.8, 4) is 10.4 Å². The molecule has 0 unspecified atom stereocenters. The molecular formula is C26H31N7O4S. The monoisotopic (exact) mass is 537 g/mol. The zero-order valence-corrected chi connectivity index (χ0v) is 22.8. The van der Waals surface area contributed by atoms with Crippen LogP contribution in [-0.2, 0) is 17.8 Å². The van der Waals surface area contributed by atoms with Gasteiger partial charge in [0.2, 0.25) is 0 Å². The number of aryl methyl sites for hydroxylation is 1. The van der Waals surface area contributed by atoms with Crippen LogP contribution in [0.4, 0.5) is 4.79 Å². The fourth-order valence-corrected chi connectivity index (χ4v) is 5.84. The number of amides is 1. The van der Waals surface area contributed by atoms with Gasteiger partial charge in [0.15, 0.2) is 5.82 Å². The van der Waals surface area contributed by atoms with E-state index in [-0.39, 0.29) is 24.2 Å². The van der Waals surface area contributed by atoms with Gasteiger partial charge in [-0.1, -0.05) is 30.3 Å². The lowest BCUT2D eigenvalue weighted by molar-refractivity contribution is 0.0186. The summed E-state index contributed by atoms with van der Waals surface area (Å²) in [6.45, 7) is 8.90. The Bertz CT molecular complexity index is 1570. The first-order valence-corrected chi connectivity index (χ1v) is 13.5. The van der Waals surface area contributed by atoms with E-state index in [4.69, 9.17) is 4.74 Å². The Hall–Kier alpha value is -3.80. The molecule has 38 heavy (non-hydrogen) atoms. The van der Waals surface area contributed by atoms with Gasteiger partial charge in [0, 0.05) is 30.6 Å². The van der Waals surface area contributed by atoms with Crippen molar-refractivity contribution in [2.75, 3.05) is 13.1 Å². The summed E-state index contributed by atoms with van der Waals surface area (Å²) in [7, 11) is 0. The van der Waals surface area contributed by atoms with E-state index < -0.39 is 11.3 Å². The van der Waals surface area contributed by atoms with Crippen LogP contribution in [0.2, 0.25) is 0 Å². The van der Waals surface area contributed by atoms with Crippen LogP contribution in [-0.4, -0.2) is 59.0 Å². The van der Waals surface area contributed by atoms with Crippen LogP contribution in [0.25, 0.3) is 20.7 Å². The van der Waals surface area contributed by atoms with Crippen molar-refractivity contribution in [1.82, 2.24) is 34.2 Å². The highest BCUT2D eigenvalue weighted by Gasteiger charge is 2.30. The van der Waals surface area contributed by atoms with Crippen molar-refractivity contribution in [3.05, 3.63) is 63.1 Å². The minimum absolute atomic E-state index is 0.137. The molecule has 1 aromatic carbocycles. The van der Waals surface area contributed by atoms with Crippen molar-refractivity contribution in [2.24, 2.45) is 0 Å². The maximum absolute atomic E-state index is 13.9. The van der Waals surface area contributed by atoms with Crippen molar-refractivity contribution in [3.63, 3.8) is 0 Å². The number of thiophene rings is 1. The van der Waals surface area contributed by atoms with E-state index in [1.807, 2.05) is 64.1 Å². The number of fused-ring (bicyclic) bond motifs is 1. The number of rotatable bonds is 5. The number of aromatic nitrogens is 6. The molecule has 11 nitrogen and oxygen atoms in total. The number of likely N-dealkylation sites (tertiary alicyclic amines) is 1. The highest BCUT2D eigenvalue weighted by molar-refractivity contribution is 7.22. The Balaban J connectivity index is 1.56. The van der Waals surface area contributed by atoms with Gasteiger partial charge in [-0.15, -0.1) is 16.4 Å². The third-order valence-corrected chi connectivity index (χ3v) is 7.76. The average molecular weight is 538 g/mol. The largest absolute Gasteiger partial charge is 0.444 e. The molecule has 0 saturated carbocycles. The summed E-state index contributed by atoms with van der Waals surface area (Å²) in [6.07, 6.45) is 0.570. The number of tetrazole rings is 1. The number of hydrogen-bond acceptors (Lipinski definition) is 8. The van der Waals surface area contributed by atoms with Gasteiger partial charge in [-0.05, 0) is 62.6 Å². The van der Waals surface area contributed by atoms with E-state index in [0.29, 0.717) is 48.5 Å². The predicted molar refractivity (Wildman–Crippen MR) is 144 cm³/mol. The van der Waals surface area contributed by atoms with E-state index in [9.17, 15) is 14.4 Å². The van der Waals surface area contributed by atoms with Gasteiger partial charge in [0.05, 0.1) is 12.1 Å². The van der Waals surface area contributed by atoms with Crippen LogP contribution in [0.5, 0.6) is 0 Å². The topological polar surface area (TPSA) is 117 Å². The number of hydrogen-bond donors (Lipinski definition) is 0. The second-order valence-corrected chi connectivity index (χ2v) is 11.4. The van der Waals surface area contributed by atoms with Crippen LogP contribution in [0.3, 0.4) is 0 Å². The molecule has 5 rings (SSSR count). The fourth-order valence-electron chi connectivity index (χ4n) is 4.74. The number of nitrogens with zero attached hydrogens (tertiary/aromatic N) is 7. The zero-order valence-electron chi connectivity index (χ0n) is 22.0. The first-order valence-electron chi connectivity index (χ1n) is 12.7. The van der Waals surface area contributed by atoms with E-state index in [1.54, 1.807) is 14.1 Å². The van der Waals surface area contributed by atoms with Crippen LogP contribution in [0.15, 0.2) is 46.0 Å². The highest BCUT2D eigenvalue weighted by Crippen LogP contribution is 2.32. The first kappa shape index (κ1) is 25.8. The van der Waals surface area contributed by atoms with E-state index in [0.717, 1.165) is 10.4 Å². The van der Waals surface area contributed by atoms with Gasteiger partial charge in [0.25, 0.3) is 5.56 Å². The molecule has 1 saturated heterocycles. The van der Waals surface area contributed by atoms with Crippen molar-refractivity contribution in [2.45, 2.75) is 65.3 Å². The van der Waals surface area contributed by atoms with Crippen LogP contribution < -0.4 is 11.2 Å². The Labute approximate surface area is 223 Å². The molecule has 1 amide bonds. The van der Waals surface area contributed by atoms with Gasteiger partial charge < -0.3 is 9.64 Å². The molecule has 0 N–H and O–H groups in total. The van der Waals surface area contributed by atoms with E-state index in [2.05, 4.69) is 15.5 Å². The Morgan fingerprint density at radius 2 is 1.84 bits per heavy atom. The second kappa shape index (κ2) is 10.2. The Kier molecular flexibility index (Phi) is 6.91. The van der Waals surface area contributed by atoms with Crippen LogP contribution in [0.1, 0.15) is 52.4 Å². The number of ether oxygens (including phenoxy) is 1. The van der Waals surface area contributed by atoms with Crippen LogP contribution >= 0.6 is 11.3 Å². The van der Waals surface area contributed by atoms with Gasteiger partial charge in [0.1, 0.15) is 10.3 Å². The normalized spacial score (nSPS) is 14.8. The fraction of sp³-hybridized carbons (Fsp3) is 0.462. The molecule has 0 radical (unpaired) electrons. The van der Waals surface area contributed by atoms with Gasteiger partial charge in [-0.25, -0.2) is 14.3 Å². The molecule has 4 aromatic rings. The predicted octanol–water partition coefficient (Wildman–Crippen LogP) is 3.52. The second-order valence-electron chi connectivity index (χ2n) is 10.3. The lowest BCUT2D eigenvalue weighted by Crippen LogP contribution is -2.47. The lowest BCUT2D eigenvalue weighted by atomic mass is 10.1. The SMILES string of the molecule is CCn1nnnc1Cn1c(=O)n(C2CCN(C(=O)OC(C)(C)C)CC2)c(=O)c2sc(-c3ccccc3)cc21. The third-order valence-electron chi connectivity index (χ3n) is 6.60.